The molecule has 0 amide bonds. The van der Waals surface area contributed by atoms with E-state index in [0.29, 0.717) is 0 Å². The quantitative estimate of drug-likeness (QED) is 0.936. The standard InChI is InChI=1S/C16H22FN3S/c1-18-10-15-12(11-20-8-6-19(2)7-9-20)16-13(17)4-3-5-14(16)21-15/h3-5,18H,6-11H2,1-2H3. The summed E-state index contributed by atoms with van der Waals surface area (Å²) < 4.78 is 15.3. The minimum Gasteiger partial charge on any atom is -0.315 e. The van der Waals surface area contributed by atoms with E-state index in [1.54, 1.807) is 23.5 Å². The lowest BCUT2D eigenvalue weighted by molar-refractivity contribution is 0.148. The van der Waals surface area contributed by atoms with Gasteiger partial charge in [0.05, 0.1) is 0 Å². The molecule has 2 aromatic rings. The molecule has 0 aliphatic carbocycles. The van der Waals surface area contributed by atoms with Crippen molar-refractivity contribution in [1.82, 2.24) is 15.1 Å². The van der Waals surface area contributed by atoms with Crippen LogP contribution >= 0.6 is 11.3 Å². The van der Waals surface area contributed by atoms with Crippen molar-refractivity contribution in [3.8, 4) is 0 Å². The maximum Gasteiger partial charge on any atom is 0.132 e. The molecule has 3 nitrogen and oxygen atoms in total. The Bertz CT molecular complexity index is 617. The molecule has 0 radical (unpaired) electrons. The fourth-order valence-electron chi connectivity index (χ4n) is 2.92. The highest BCUT2D eigenvalue weighted by atomic mass is 32.1. The first-order valence-electron chi connectivity index (χ1n) is 7.43. The van der Waals surface area contributed by atoms with Crippen LogP contribution in [0.25, 0.3) is 10.1 Å². The number of hydrogen-bond acceptors (Lipinski definition) is 4. The van der Waals surface area contributed by atoms with Crippen LogP contribution in [0.1, 0.15) is 10.4 Å². The van der Waals surface area contributed by atoms with Crippen molar-refractivity contribution < 1.29 is 4.39 Å². The highest BCUT2D eigenvalue weighted by Gasteiger charge is 2.20. The summed E-state index contributed by atoms with van der Waals surface area (Å²) in [4.78, 5) is 6.04. The van der Waals surface area contributed by atoms with Crippen molar-refractivity contribution in [1.29, 1.82) is 0 Å². The van der Waals surface area contributed by atoms with E-state index in [0.717, 1.165) is 49.4 Å². The van der Waals surface area contributed by atoms with Crippen LogP contribution in [0, 0.1) is 5.82 Å². The number of halogens is 1. The molecule has 1 N–H and O–H groups in total. The lowest BCUT2D eigenvalue weighted by Crippen LogP contribution is -2.44. The van der Waals surface area contributed by atoms with E-state index in [-0.39, 0.29) is 5.82 Å². The average molecular weight is 307 g/mol. The molecule has 0 saturated carbocycles. The van der Waals surface area contributed by atoms with E-state index < -0.39 is 0 Å². The van der Waals surface area contributed by atoms with Gasteiger partial charge in [-0.25, -0.2) is 4.39 Å². The number of fused-ring (bicyclic) bond motifs is 1. The van der Waals surface area contributed by atoms with Crippen LogP contribution in [0.15, 0.2) is 18.2 Å². The largest absolute Gasteiger partial charge is 0.315 e. The molecule has 1 aliphatic rings. The van der Waals surface area contributed by atoms with E-state index in [1.807, 2.05) is 13.1 Å². The first kappa shape index (κ1) is 14.9. The van der Waals surface area contributed by atoms with Crippen molar-refractivity contribution in [3.63, 3.8) is 0 Å². The maximum absolute atomic E-state index is 14.3. The Morgan fingerprint density at radius 1 is 1.24 bits per heavy atom. The van der Waals surface area contributed by atoms with Gasteiger partial charge in [-0.3, -0.25) is 4.90 Å². The van der Waals surface area contributed by atoms with Crippen molar-refractivity contribution in [2.24, 2.45) is 0 Å². The summed E-state index contributed by atoms with van der Waals surface area (Å²) in [5.74, 6) is -0.0877. The van der Waals surface area contributed by atoms with Crippen LogP contribution in [0.4, 0.5) is 4.39 Å². The average Bonchev–Trinajstić information content (AvgIpc) is 2.81. The first-order valence-corrected chi connectivity index (χ1v) is 8.25. The molecule has 1 aromatic carbocycles. The number of thiophene rings is 1. The Hall–Kier alpha value is -1.01. The second-order valence-electron chi connectivity index (χ2n) is 5.73. The molecule has 0 spiro atoms. The van der Waals surface area contributed by atoms with Gasteiger partial charge in [-0.15, -0.1) is 11.3 Å². The summed E-state index contributed by atoms with van der Waals surface area (Å²) >= 11 is 1.71. The normalized spacial score (nSPS) is 17.7. The third-order valence-electron chi connectivity index (χ3n) is 4.16. The molecule has 21 heavy (non-hydrogen) atoms. The van der Waals surface area contributed by atoms with Gasteiger partial charge in [0.25, 0.3) is 0 Å². The number of nitrogens with one attached hydrogen (secondary N) is 1. The van der Waals surface area contributed by atoms with Gasteiger partial charge in [0.1, 0.15) is 5.82 Å². The molecule has 1 saturated heterocycles. The molecule has 5 heteroatoms. The fraction of sp³-hybridized carbons (Fsp3) is 0.500. The number of rotatable bonds is 4. The third-order valence-corrected chi connectivity index (χ3v) is 5.36. The minimum atomic E-state index is -0.0877. The van der Waals surface area contributed by atoms with Crippen LogP contribution in [0.2, 0.25) is 0 Å². The highest BCUT2D eigenvalue weighted by Crippen LogP contribution is 2.34. The summed E-state index contributed by atoms with van der Waals surface area (Å²) in [5.41, 5.74) is 1.17. The first-order chi connectivity index (χ1) is 10.2. The predicted molar refractivity (Wildman–Crippen MR) is 87.3 cm³/mol. The van der Waals surface area contributed by atoms with E-state index >= 15 is 0 Å². The molecular formula is C16H22FN3S. The number of likely N-dealkylation sites (N-methyl/N-ethyl adjacent to an activating group) is 1. The van der Waals surface area contributed by atoms with Crippen LogP contribution in [-0.2, 0) is 13.1 Å². The molecule has 2 heterocycles. The molecule has 0 atom stereocenters. The van der Waals surface area contributed by atoms with Crippen molar-refractivity contribution in [2.75, 3.05) is 40.3 Å². The Labute approximate surface area is 129 Å². The van der Waals surface area contributed by atoms with Crippen LogP contribution in [-0.4, -0.2) is 50.1 Å². The summed E-state index contributed by atoms with van der Waals surface area (Å²) in [7, 11) is 4.10. The van der Waals surface area contributed by atoms with Crippen molar-refractivity contribution in [2.45, 2.75) is 13.1 Å². The van der Waals surface area contributed by atoms with Crippen molar-refractivity contribution in [3.05, 3.63) is 34.5 Å². The topological polar surface area (TPSA) is 18.5 Å². The van der Waals surface area contributed by atoms with E-state index in [1.165, 1.54) is 10.4 Å². The van der Waals surface area contributed by atoms with Crippen LogP contribution in [0.5, 0.6) is 0 Å². The van der Waals surface area contributed by atoms with Gasteiger partial charge in [-0.05, 0) is 31.8 Å². The smallest absolute Gasteiger partial charge is 0.132 e. The molecule has 0 unspecified atom stereocenters. The zero-order valence-electron chi connectivity index (χ0n) is 12.7. The number of nitrogens with zero attached hydrogens (tertiary/aromatic N) is 2. The molecular weight excluding hydrogens is 285 g/mol. The molecule has 1 aliphatic heterocycles. The van der Waals surface area contributed by atoms with Gasteiger partial charge >= 0.3 is 0 Å². The minimum absolute atomic E-state index is 0.0877. The molecule has 1 aromatic heterocycles. The van der Waals surface area contributed by atoms with Gasteiger partial charge in [0.2, 0.25) is 0 Å². The van der Waals surface area contributed by atoms with Gasteiger partial charge < -0.3 is 10.2 Å². The van der Waals surface area contributed by atoms with E-state index in [2.05, 4.69) is 22.2 Å². The Balaban J connectivity index is 1.93. The Morgan fingerprint density at radius 2 is 2.00 bits per heavy atom. The predicted octanol–water partition coefficient (Wildman–Crippen LogP) is 2.51. The Morgan fingerprint density at radius 3 is 2.71 bits per heavy atom. The van der Waals surface area contributed by atoms with Crippen molar-refractivity contribution >= 4 is 21.4 Å². The summed E-state index contributed by atoms with van der Waals surface area (Å²) in [6.07, 6.45) is 0. The van der Waals surface area contributed by atoms with Gasteiger partial charge in [0, 0.05) is 54.2 Å². The lowest BCUT2D eigenvalue weighted by atomic mass is 10.1. The number of hydrogen-bond donors (Lipinski definition) is 1. The fourth-order valence-corrected chi connectivity index (χ4v) is 4.16. The van der Waals surface area contributed by atoms with Crippen LogP contribution < -0.4 is 5.32 Å². The van der Waals surface area contributed by atoms with E-state index in [9.17, 15) is 4.39 Å². The van der Waals surface area contributed by atoms with Gasteiger partial charge in [-0.2, -0.15) is 0 Å². The lowest BCUT2D eigenvalue weighted by Gasteiger charge is -2.32. The SMILES string of the molecule is CNCc1sc2cccc(F)c2c1CN1CCN(C)CC1. The molecule has 114 valence electrons. The number of benzene rings is 1. The van der Waals surface area contributed by atoms with Gasteiger partial charge in [0.15, 0.2) is 0 Å². The maximum atomic E-state index is 14.3. The zero-order chi connectivity index (χ0) is 14.8. The number of piperazine rings is 1. The second-order valence-corrected chi connectivity index (χ2v) is 6.86. The van der Waals surface area contributed by atoms with Gasteiger partial charge in [-0.1, -0.05) is 6.07 Å². The molecule has 0 bridgehead atoms. The molecule has 1 fully saturated rings. The summed E-state index contributed by atoms with van der Waals surface area (Å²) in [6.45, 7) is 5.95. The summed E-state index contributed by atoms with van der Waals surface area (Å²) in [6, 6.07) is 5.40. The van der Waals surface area contributed by atoms with Crippen LogP contribution in [0.3, 0.4) is 0 Å². The second kappa shape index (κ2) is 6.40. The third kappa shape index (κ3) is 3.11. The zero-order valence-corrected chi connectivity index (χ0v) is 13.5. The van der Waals surface area contributed by atoms with E-state index in [4.69, 9.17) is 0 Å². The monoisotopic (exact) mass is 307 g/mol. The summed E-state index contributed by atoms with van der Waals surface area (Å²) in [5, 5.41) is 4.04. The Kier molecular flexibility index (Phi) is 4.54. The highest BCUT2D eigenvalue weighted by molar-refractivity contribution is 7.19. The molecule has 3 rings (SSSR count).